The van der Waals surface area contributed by atoms with Gasteiger partial charge >= 0.3 is 6.18 Å². The van der Waals surface area contributed by atoms with Gasteiger partial charge in [-0.1, -0.05) is 31.5 Å². The first-order valence-corrected chi connectivity index (χ1v) is 11.5. The number of hydrogen-bond acceptors (Lipinski definition) is 3. The second kappa shape index (κ2) is 10.7. The molecule has 0 bridgehead atoms. The fourth-order valence-corrected chi connectivity index (χ4v) is 4.40. The summed E-state index contributed by atoms with van der Waals surface area (Å²) in [6.07, 6.45) is -1.54. The van der Waals surface area contributed by atoms with E-state index in [-0.39, 0.29) is 5.41 Å². The van der Waals surface area contributed by atoms with Crippen molar-refractivity contribution in [2.24, 2.45) is 4.99 Å². The molecule has 1 saturated carbocycles. The molecule has 1 aromatic rings. The van der Waals surface area contributed by atoms with Gasteiger partial charge in [0.15, 0.2) is 5.96 Å². The Labute approximate surface area is 184 Å². The third kappa shape index (κ3) is 6.35. The lowest BCUT2D eigenvalue weighted by molar-refractivity contribution is -0.137. The van der Waals surface area contributed by atoms with Crippen LogP contribution in [0.3, 0.4) is 0 Å². The first-order chi connectivity index (χ1) is 14.9. The average Bonchev–Trinajstić information content (AvgIpc) is 2.73. The fourth-order valence-electron chi connectivity index (χ4n) is 4.40. The van der Waals surface area contributed by atoms with Crippen molar-refractivity contribution >= 4 is 5.96 Å². The van der Waals surface area contributed by atoms with Gasteiger partial charge in [-0.25, -0.2) is 0 Å². The number of benzene rings is 1. The molecule has 1 saturated heterocycles. The van der Waals surface area contributed by atoms with Crippen LogP contribution in [0.2, 0.25) is 0 Å². The SMILES string of the molecule is CCNC(=NCC1(c2cccc(C(F)(F)F)c2)CCC1)NCCN1CCN(CC)CC1. The van der Waals surface area contributed by atoms with Crippen molar-refractivity contribution in [3.8, 4) is 0 Å². The van der Waals surface area contributed by atoms with E-state index in [1.807, 2.05) is 13.0 Å². The van der Waals surface area contributed by atoms with Crippen molar-refractivity contribution in [1.82, 2.24) is 20.4 Å². The zero-order chi connectivity index (χ0) is 22.3. The fraction of sp³-hybridized carbons (Fsp3) is 0.696. The van der Waals surface area contributed by atoms with E-state index in [1.54, 1.807) is 0 Å². The van der Waals surface area contributed by atoms with Gasteiger partial charge in [-0.05, 0) is 37.9 Å². The highest BCUT2D eigenvalue weighted by Gasteiger charge is 2.40. The molecule has 2 fully saturated rings. The summed E-state index contributed by atoms with van der Waals surface area (Å²) in [6.45, 7) is 12.7. The van der Waals surface area contributed by atoms with E-state index in [0.717, 1.165) is 89.2 Å². The number of guanidine groups is 1. The maximum Gasteiger partial charge on any atom is 0.416 e. The summed E-state index contributed by atoms with van der Waals surface area (Å²) in [6, 6.07) is 5.79. The van der Waals surface area contributed by atoms with Crippen LogP contribution in [-0.4, -0.2) is 74.7 Å². The zero-order valence-electron chi connectivity index (χ0n) is 18.8. The van der Waals surface area contributed by atoms with E-state index in [4.69, 9.17) is 4.99 Å². The number of nitrogens with zero attached hydrogens (tertiary/aromatic N) is 3. The number of likely N-dealkylation sites (N-methyl/N-ethyl adjacent to an activating group) is 1. The van der Waals surface area contributed by atoms with Gasteiger partial charge in [0.25, 0.3) is 0 Å². The number of halogens is 3. The summed E-state index contributed by atoms with van der Waals surface area (Å²) in [4.78, 5) is 9.69. The van der Waals surface area contributed by atoms with E-state index >= 15 is 0 Å². The molecule has 1 aliphatic heterocycles. The van der Waals surface area contributed by atoms with Crippen LogP contribution in [0.5, 0.6) is 0 Å². The minimum Gasteiger partial charge on any atom is -0.357 e. The van der Waals surface area contributed by atoms with E-state index in [1.165, 1.54) is 12.1 Å². The van der Waals surface area contributed by atoms with Crippen LogP contribution in [-0.2, 0) is 11.6 Å². The summed E-state index contributed by atoms with van der Waals surface area (Å²) in [5.41, 5.74) is -0.115. The minimum atomic E-state index is -4.32. The molecule has 1 aliphatic carbocycles. The second-order valence-electron chi connectivity index (χ2n) is 8.61. The van der Waals surface area contributed by atoms with Gasteiger partial charge in [0.2, 0.25) is 0 Å². The van der Waals surface area contributed by atoms with Gasteiger partial charge in [0, 0.05) is 51.2 Å². The molecule has 0 aromatic heterocycles. The maximum atomic E-state index is 13.2. The van der Waals surface area contributed by atoms with Gasteiger partial charge in [-0.2, -0.15) is 13.2 Å². The van der Waals surface area contributed by atoms with Crippen LogP contribution in [0.1, 0.15) is 44.2 Å². The van der Waals surface area contributed by atoms with Crippen molar-refractivity contribution in [2.45, 2.75) is 44.7 Å². The highest BCUT2D eigenvalue weighted by Crippen LogP contribution is 2.45. The highest BCUT2D eigenvalue weighted by molar-refractivity contribution is 5.79. The summed E-state index contributed by atoms with van der Waals surface area (Å²) >= 11 is 0. The molecule has 1 aromatic carbocycles. The Bertz CT molecular complexity index is 722. The first-order valence-electron chi connectivity index (χ1n) is 11.5. The quantitative estimate of drug-likeness (QED) is 0.482. The molecule has 8 heteroatoms. The van der Waals surface area contributed by atoms with E-state index in [2.05, 4.69) is 27.4 Å². The molecule has 0 atom stereocenters. The topological polar surface area (TPSA) is 42.9 Å². The molecule has 0 unspecified atom stereocenters. The lowest BCUT2D eigenvalue weighted by atomic mass is 9.64. The van der Waals surface area contributed by atoms with Gasteiger partial charge in [-0.15, -0.1) is 0 Å². The molecule has 31 heavy (non-hydrogen) atoms. The Hall–Kier alpha value is -1.80. The van der Waals surface area contributed by atoms with Crippen LogP contribution in [0, 0.1) is 0 Å². The highest BCUT2D eigenvalue weighted by atomic mass is 19.4. The second-order valence-corrected chi connectivity index (χ2v) is 8.61. The van der Waals surface area contributed by atoms with Crippen molar-refractivity contribution in [1.29, 1.82) is 0 Å². The Morgan fingerprint density at radius 1 is 1.06 bits per heavy atom. The molecule has 2 N–H and O–H groups in total. The van der Waals surface area contributed by atoms with E-state index in [9.17, 15) is 13.2 Å². The predicted octanol–water partition coefficient (Wildman–Crippen LogP) is 3.32. The molecule has 1 heterocycles. The summed E-state index contributed by atoms with van der Waals surface area (Å²) in [5.74, 6) is 0.743. The van der Waals surface area contributed by atoms with E-state index < -0.39 is 11.7 Å². The Kier molecular flexibility index (Phi) is 8.22. The third-order valence-corrected chi connectivity index (χ3v) is 6.63. The Balaban J connectivity index is 1.58. The molecule has 174 valence electrons. The first kappa shape index (κ1) is 23.9. The summed E-state index contributed by atoms with van der Waals surface area (Å²) < 4.78 is 39.5. The molecular weight excluding hydrogens is 403 g/mol. The lowest BCUT2D eigenvalue weighted by Crippen LogP contribution is -2.49. The van der Waals surface area contributed by atoms with Crippen molar-refractivity contribution in [3.63, 3.8) is 0 Å². The standard InChI is InChI=1S/C23H36F3N5/c1-3-27-21(28-11-12-31-15-13-30(4-2)14-16-31)29-18-22(9-6-10-22)19-7-5-8-20(17-19)23(24,25)26/h5,7-8,17H,3-4,6,9-16,18H2,1-2H3,(H2,27,28,29). The van der Waals surface area contributed by atoms with Crippen LogP contribution in [0.4, 0.5) is 13.2 Å². The van der Waals surface area contributed by atoms with Crippen LogP contribution >= 0.6 is 0 Å². The van der Waals surface area contributed by atoms with Crippen molar-refractivity contribution in [3.05, 3.63) is 35.4 Å². The Morgan fingerprint density at radius 2 is 1.77 bits per heavy atom. The van der Waals surface area contributed by atoms with Crippen molar-refractivity contribution < 1.29 is 13.2 Å². The van der Waals surface area contributed by atoms with Crippen LogP contribution < -0.4 is 10.6 Å². The third-order valence-electron chi connectivity index (χ3n) is 6.63. The largest absolute Gasteiger partial charge is 0.416 e. The smallest absolute Gasteiger partial charge is 0.357 e. The predicted molar refractivity (Wildman–Crippen MR) is 120 cm³/mol. The molecule has 2 aliphatic rings. The lowest BCUT2D eigenvalue weighted by Gasteiger charge is -2.41. The van der Waals surface area contributed by atoms with E-state index in [0.29, 0.717) is 6.54 Å². The number of hydrogen-bond donors (Lipinski definition) is 2. The average molecular weight is 440 g/mol. The molecule has 0 amide bonds. The van der Waals surface area contributed by atoms with Gasteiger partial charge in [-0.3, -0.25) is 9.89 Å². The molecule has 0 radical (unpaired) electrons. The van der Waals surface area contributed by atoms with Gasteiger partial charge < -0.3 is 15.5 Å². The zero-order valence-corrected chi connectivity index (χ0v) is 18.8. The molecule has 0 spiro atoms. The number of nitrogens with one attached hydrogen (secondary N) is 2. The summed E-state index contributed by atoms with van der Waals surface area (Å²) in [7, 11) is 0. The number of aliphatic imine (C=N–C) groups is 1. The number of rotatable bonds is 8. The van der Waals surface area contributed by atoms with Crippen molar-refractivity contribution in [2.75, 3.05) is 58.9 Å². The van der Waals surface area contributed by atoms with Gasteiger partial charge in [0.1, 0.15) is 0 Å². The Morgan fingerprint density at radius 3 is 2.35 bits per heavy atom. The summed E-state index contributed by atoms with van der Waals surface area (Å²) in [5, 5.41) is 6.68. The number of alkyl halides is 3. The molecular formula is C23H36F3N5. The number of piperazine rings is 1. The molecule has 5 nitrogen and oxygen atoms in total. The molecule has 3 rings (SSSR count). The minimum absolute atomic E-state index is 0.292. The van der Waals surface area contributed by atoms with Crippen LogP contribution in [0.25, 0.3) is 0 Å². The van der Waals surface area contributed by atoms with Gasteiger partial charge in [0.05, 0.1) is 12.1 Å². The normalized spacial score (nSPS) is 20.4. The maximum absolute atomic E-state index is 13.2. The monoisotopic (exact) mass is 439 g/mol. The van der Waals surface area contributed by atoms with Crippen LogP contribution in [0.15, 0.2) is 29.3 Å².